The van der Waals surface area contributed by atoms with Gasteiger partial charge in [-0.25, -0.2) is 5.43 Å². The number of nitrogens with one attached hydrogen (secondary N) is 1. The second kappa shape index (κ2) is 4.44. The molecule has 2 rings (SSSR count). The maximum atomic E-state index is 12.0. The molecule has 6 heteroatoms. The van der Waals surface area contributed by atoms with Crippen LogP contribution in [0.4, 0.5) is 0 Å². The number of fused-ring (bicyclic) bond motifs is 1. The van der Waals surface area contributed by atoms with Crippen molar-refractivity contribution >= 4 is 17.6 Å². The molecule has 2 unspecified atom stereocenters. The van der Waals surface area contributed by atoms with Crippen LogP contribution in [0.3, 0.4) is 0 Å². The van der Waals surface area contributed by atoms with Gasteiger partial charge in [-0.15, -0.1) is 0 Å². The standard InChI is InChI=1S/C11H17N3O3/c1-7(15)13-4-9-3-12-14(8(2)16)5-10(9)11(17)6-13/h9-10,12H,3-6H2,1-2H3. The van der Waals surface area contributed by atoms with Gasteiger partial charge in [0.05, 0.1) is 6.54 Å². The van der Waals surface area contributed by atoms with E-state index in [0.29, 0.717) is 19.6 Å². The van der Waals surface area contributed by atoms with Gasteiger partial charge < -0.3 is 4.90 Å². The maximum absolute atomic E-state index is 12.0. The lowest BCUT2D eigenvalue weighted by Crippen LogP contribution is -2.61. The number of likely N-dealkylation sites (tertiary alicyclic amines) is 1. The Kier molecular flexibility index (Phi) is 3.15. The van der Waals surface area contributed by atoms with Crippen molar-refractivity contribution in [3.05, 3.63) is 0 Å². The Bertz CT molecular complexity index is 369. The van der Waals surface area contributed by atoms with Gasteiger partial charge in [0.1, 0.15) is 0 Å². The van der Waals surface area contributed by atoms with Crippen LogP contribution >= 0.6 is 0 Å². The largest absolute Gasteiger partial charge is 0.335 e. The van der Waals surface area contributed by atoms with Crippen LogP contribution in [0.15, 0.2) is 0 Å². The number of carbonyl (C=O) groups excluding carboxylic acids is 3. The number of Topliss-reactive ketones (excluding diaryl/α,β-unsaturated/α-hetero) is 1. The van der Waals surface area contributed by atoms with Gasteiger partial charge in [-0.2, -0.15) is 0 Å². The lowest BCUT2D eigenvalue weighted by molar-refractivity contribution is -0.148. The summed E-state index contributed by atoms with van der Waals surface area (Å²) in [7, 11) is 0. The maximum Gasteiger partial charge on any atom is 0.233 e. The Morgan fingerprint density at radius 3 is 2.53 bits per heavy atom. The number of amides is 2. The summed E-state index contributed by atoms with van der Waals surface area (Å²) < 4.78 is 0. The van der Waals surface area contributed by atoms with Crippen LogP contribution in [0.1, 0.15) is 13.8 Å². The van der Waals surface area contributed by atoms with Gasteiger partial charge in [0.2, 0.25) is 11.8 Å². The predicted octanol–water partition coefficient (Wildman–Crippen LogP) is -0.983. The first kappa shape index (κ1) is 12.0. The number of hydrogen-bond donors (Lipinski definition) is 1. The Morgan fingerprint density at radius 1 is 1.24 bits per heavy atom. The van der Waals surface area contributed by atoms with Gasteiger partial charge in [-0.3, -0.25) is 19.4 Å². The van der Waals surface area contributed by atoms with Crippen molar-refractivity contribution in [2.45, 2.75) is 13.8 Å². The minimum atomic E-state index is -0.129. The first-order chi connectivity index (χ1) is 7.99. The average Bonchev–Trinajstić information content (AvgIpc) is 2.28. The molecule has 0 radical (unpaired) electrons. The fourth-order valence-corrected chi connectivity index (χ4v) is 2.47. The zero-order valence-electron chi connectivity index (χ0n) is 10.1. The Hall–Kier alpha value is -1.43. The molecule has 0 saturated carbocycles. The van der Waals surface area contributed by atoms with E-state index in [1.807, 2.05) is 0 Å². The topological polar surface area (TPSA) is 69.7 Å². The van der Waals surface area contributed by atoms with Crippen LogP contribution in [0.2, 0.25) is 0 Å². The number of ketones is 1. The molecule has 2 aliphatic heterocycles. The summed E-state index contributed by atoms with van der Waals surface area (Å²) in [6.45, 7) is 4.73. The van der Waals surface area contributed by atoms with Crippen LogP contribution in [-0.2, 0) is 14.4 Å². The summed E-state index contributed by atoms with van der Waals surface area (Å²) >= 11 is 0. The van der Waals surface area contributed by atoms with E-state index in [-0.39, 0.29) is 36.0 Å². The van der Waals surface area contributed by atoms with Gasteiger partial charge in [0.25, 0.3) is 0 Å². The van der Waals surface area contributed by atoms with Crippen molar-refractivity contribution < 1.29 is 14.4 Å². The summed E-state index contributed by atoms with van der Waals surface area (Å²) in [4.78, 5) is 36.1. The van der Waals surface area contributed by atoms with Gasteiger partial charge in [0, 0.05) is 45.3 Å². The average molecular weight is 239 g/mol. The lowest BCUT2D eigenvalue weighted by atomic mass is 9.83. The van der Waals surface area contributed by atoms with Gasteiger partial charge in [-0.05, 0) is 0 Å². The number of hydrazine groups is 1. The quantitative estimate of drug-likeness (QED) is 0.589. The van der Waals surface area contributed by atoms with E-state index >= 15 is 0 Å². The first-order valence-corrected chi connectivity index (χ1v) is 5.79. The second-order valence-corrected chi connectivity index (χ2v) is 4.72. The molecule has 1 N–H and O–H groups in total. The molecule has 2 atom stereocenters. The Morgan fingerprint density at radius 2 is 1.94 bits per heavy atom. The van der Waals surface area contributed by atoms with E-state index in [0.717, 1.165) is 0 Å². The summed E-state index contributed by atoms with van der Waals surface area (Å²) in [6.07, 6.45) is 0. The highest BCUT2D eigenvalue weighted by Crippen LogP contribution is 2.24. The van der Waals surface area contributed by atoms with Crippen LogP contribution < -0.4 is 5.43 Å². The van der Waals surface area contributed by atoms with Crippen LogP contribution in [-0.4, -0.2) is 53.7 Å². The zero-order valence-corrected chi connectivity index (χ0v) is 10.1. The molecule has 2 heterocycles. The molecule has 0 aromatic heterocycles. The van der Waals surface area contributed by atoms with E-state index in [4.69, 9.17) is 0 Å². The molecule has 17 heavy (non-hydrogen) atoms. The number of rotatable bonds is 0. The molecule has 0 aromatic carbocycles. The molecule has 0 aromatic rings. The highest BCUT2D eigenvalue weighted by atomic mass is 16.2. The number of hydrogen-bond acceptors (Lipinski definition) is 4. The van der Waals surface area contributed by atoms with Crippen molar-refractivity contribution in [2.75, 3.05) is 26.2 Å². The molecule has 0 bridgehead atoms. The molecule has 2 aliphatic rings. The summed E-state index contributed by atoms with van der Waals surface area (Å²) in [5.74, 6) is -0.0910. The predicted molar refractivity (Wildman–Crippen MR) is 59.6 cm³/mol. The SMILES string of the molecule is CC(=O)N1CC(=O)C2CN(C(C)=O)NCC2C1. The third kappa shape index (κ3) is 2.31. The van der Waals surface area contributed by atoms with E-state index in [1.165, 1.54) is 18.9 Å². The normalized spacial score (nSPS) is 28.9. The van der Waals surface area contributed by atoms with E-state index in [9.17, 15) is 14.4 Å². The fourth-order valence-electron chi connectivity index (χ4n) is 2.47. The lowest BCUT2D eigenvalue weighted by Gasteiger charge is -2.43. The summed E-state index contributed by atoms with van der Waals surface area (Å²) in [5, 5.41) is 1.49. The van der Waals surface area contributed by atoms with Gasteiger partial charge >= 0.3 is 0 Å². The van der Waals surface area contributed by atoms with E-state index < -0.39 is 0 Å². The second-order valence-electron chi connectivity index (χ2n) is 4.72. The van der Waals surface area contributed by atoms with Gasteiger partial charge in [0.15, 0.2) is 5.78 Å². The van der Waals surface area contributed by atoms with Crippen molar-refractivity contribution in [1.29, 1.82) is 0 Å². The highest BCUT2D eigenvalue weighted by molar-refractivity contribution is 5.89. The van der Waals surface area contributed by atoms with Crippen LogP contribution in [0, 0.1) is 11.8 Å². The molecule has 94 valence electrons. The van der Waals surface area contributed by atoms with Crippen molar-refractivity contribution in [1.82, 2.24) is 15.3 Å². The zero-order chi connectivity index (χ0) is 12.6. The fraction of sp³-hybridized carbons (Fsp3) is 0.727. The Labute approximate surface area is 99.9 Å². The minimum absolute atomic E-state index is 0.0594. The van der Waals surface area contributed by atoms with Crippen LogP contribution in [0.25, 0.3) is 0 Å². The Balaban J connectivity index is 2.07. The summed E-state index contributed by atoms with van der Waals surface area (Å²) in [5.41, 5.74) is 2.99. The number of carbonyl (C=O) groups is 3. The van der Waals surface area contributed by atoms with Crippen LogP contribution in [0.5, 0.6) is 0 Å². The van der Waals surface area contributed by atoms with Crippen molar-refractivity contribution in [2.24, 2.45) is 11.8 Å². The van der Waals surface area contributed by atoms with Crippen molar-refractivity contribution in [3.8, 4) is 0 Å². The first-order valence-electron chi connectivity index (χ1n) is 5.79. The van der Waals surface area contributed by atoms with Gasteiger partial charge in [-0.1, -0.05) is 0 Å². The highest BCUT2D eigenvalue weighted by Gasteiger charge is 2.40. The molecular formula is C11H17N3O3. The molecule has 2 fully saturated rings. The third-order valence-corrected chi connectivity index (χ3v) is 3.53. The third-order valence-electron chi connectivity index (χ3n) is 3.53. The molecular weight excluding hydrogens is 222 g/mol. The summed E-state index contributed by atoms with van der Waals surface area (Å²) in [6, 6.07) is 0. The number of nitrogens with zero attached hydrogens (tertiary/aromatic N) is 2. The monoisotopic (exact) mass is 239 g/mol. The minimum Gasteiger partial charge on any atom is -0.335 e. The molecule has 2 saturated heterocycles. The smallest absolute Gasteiger partial charge is 0.233 e. The van der Waals surface area contributed by atoms with Crippen molar-refractivity contribution in [3.63, 3.8) is 0 Å². The molecule has 2 amide bonds. The molecule has 0 spiro atoms. The van der Waals surface area contributed by atoms with E-state index in [1.54, 1.807) is 4.90 Å². The molecule has 0 aliphatic carbocycles. The van der Waals surface area contributed by atoms with E-state index in [2.05, 4.69) is 5.43 Å². The molecule has 6 nitrogen and oxygen atoms in total. The number of piperidine rings is 1.